The molecule has 0 aliphatic carbocycles. The minimum absolute atomic E-state index is 0.0848. The van der Waals surface area contributed by atoms with E-state index < -0.39 is 0 Å². The maximum absolute atomic E-state index is 12.7. The lowest BCUT2D eigenvalue weighted by molar-refractivity contribution is 0.0235. The van der Waals surface area contributed by atoms with Crippen molar-refractivity contribution in [2.75, 3.05) is 26.3 Å². The van der Waals surface area contributed by atoms with E-state index in [0.29, 0.717) is 42.9 Å². The van der Waals surface area contributed by atoms with Gasteiger partial charge in [-0.25, -0.2) is 9.97 Å². The van der Waals surface area contributed by atoms with Gasteiger partial charge in [-0.2, -0.15) is 0 Å². The van der Waals surface area contributed by atoms with E-state index in [1.165, 1.54) is 12.4 Å². The summed E-state index contributed by atoms with van der Waals surface area (Å²) in [6, 6.07) is 7.34. The first-order valence-electron chi connectivity index (χ1n) is 9.95. The molecule has 4 rings (SSSR count). The Morgan fingerprint density at radius 3 is 2.31 bits per heavy atom. The maximum Gasteiger partial charge on any atom is 0.274 e. The second kappa shape index (κ2) is 9.41. The highest BCUT2D eigenvalue weighted by molar-refractivity contribution is 6.30. The number of carbonyl (C=O) groups excluding carboxylic acids is 1. The Morgan fingerprint density at radius 2 is 1.66 bits per heavy atom. The zero-order valence-electron chi connectivity index (χ0n) is 16.1. The monoisotopic (exact) mass is 417 g/mol. The van der Waals surface area contributed by atoms with Gasteiger partial charge in [-0.15, -0.1) is 0 Å². The lowest BCUT2D eigenvalue weighted by atomic mass is 10.1. The van der Waals surface area contributed by atoms with E-state index in [1.807, 2.05) is 24.3 Å². The molecule has 0 N–H and O–H groups in total. The van der Waals surface area contributed by atoms with Crippen molar-refractivity contribution in [3.63, 3.8) is 0 Å². The number of hydrogen-bond donors (Lipinski definition) is 0. The predicted octanol–water partition coefficient (Wildman–Crippen LogP) is 3.37. The number of halogens is 1. The number of carbonyl (C=O) groups is 1. The molecule has 0 bridgehead atoms. The Morgan fingerprint density at radius 1 is 0.966 bits per heavy atom. The quantitative estimate of drug-likeness (QED) is 0.742. The first-order valence-corrected chi connectivity index (χ1v) is 10.3. The van der Waals surface area contributed by atoms with Gasteiger partial charge >= 0.3 is 0 Å². The Kier molecular flexibility index (Phi) is 6.46. The van der Waals surface area contributed by atoms with Crippen LogP contribution < -0.4 is 9.47 Å². The number of ether oxygens (including phenoxy) is 3. The van der Waals surface area contributed by atoms with Crippen LogP contribution in [0.5, 0.6) is 11.6 Å². The number of likely N-dealkylation sites (tertiary alicyclic amines) is 1. The zero-order valence-corrected chi connectivity index (χ0v) is 16.9. The Balaban J connectivity index is 1.27. The fraction of sp³-hybridized carbons (Fsp3) is 0.476. The van der Waals surface area contributed by atoms with E-state index in [0.717, 1.165) is 31.4 Å². The molecule has 0 unspecified atom stereocenters. The van der Waals surface area contributed by atoms with Gasteiger partial charge in [0.2, 0.25) is 5.88 Å². The normalized spacial score (nSPS) is 18.4. The molecule has 2 aliphatic heterocycles. The molecule has 2 aromatic rings. The Hall–Kier alpha value is -2.38. The van der Waals surface area contributed by atoms with Crippen LogP contribution in [-0.2, 0) is 4.74 Å². The van der Waals surface area contributed by atoms with Crippen LogP contribution in [0.1, 0.15) is 36.2 Å². The SMILES string of the molecule is O=C(c1cnc(OC2CCOCC2)cn1)N1CCC(Oc2ccc(Cl)cc2)CC1. The zero-order chi connectivity index (χ0) is 20.1. The molecule has 0 saturated carbocycles. The number of rotatable bonds is 5. The average Bonchev–Trinajstić information content (AvgIpc) is 2.77. The topological polar surface area (TPSA) is 73.8 Å². The summed E-state index contributed by atoms with van der Waals surface area (Å²) in [5.41, 5.74) is 0.335. The van der Waals surface area contributed by atoms with E-state index in [-0.39, 0.29) is 18.1 Å². The number of hydrogen-bond acceptors (Lipinski definition) is 6. The lowest BCUT2D eigenvalue weighted by Gasteiger charge is -2.32. The van der Waals surface area contributed by atoms with Gasteiger partial charge in [0.1, 0.15) is 23.7 Å². The van der Waals surface area contributed by atoms with Crippen molar-refractivity contribution >= 4 is 17.5 Å². The molecule has 3 heterocycles. The van der Waals surface area contributed by atoms with Crippen LogP contribution in [0.4, 0.5) is 0 Å². The number of nitrogens with zero attached hydrogens (tertiary/aromatic N) is 3. The minimum atomic E-state index is -0.111. The first-order chi connectivity index (χ1) is 14.2. The van der Waals surface area contributed by atoms with Crippen LogP contribution in [0, 0.1) is 0 Å². The molecular weight excluding hydrogens is 394 g/mol. The van der Waals surface area contributed by atoms with Gasteiger partial charge in [-0.1, -0.05) is 11.6 Å². The number of benzene rings is 1. The number of piperidine rings is 1. The second-order valence-corrected chi connectivity index (χ2v) is 7.67. The van der Waals surface area contributed by atoms with Crippen LogP contribution in [0.3, 0.4) is 0 Å². The molecule has 2 fully saturated rings. The smallest absolute Gasteiger partial charge is 0.274 e. The largest absolute Gasteiger partial charge is 0.490 e. The van der Waals surface area contributed by atoms with E-state index in [9.17, 15) is 4.79 Å². The van der Waals surface area contributed by atoms with E-state index in [1.54, 1.807) is 4.90 Å². The standard InChI is InChI=1S/C21H24ClN3O4/c22-15-1-3-16(4-2-15)28-17-5-9-25(10-6-17)21(26)19-13-24-20(14-23-19)29-18-7-11-27-12-8-18/h1-4,13-14,17-18H,5-12H2. The highest BCUT2D eigenvalue weighted by Gasteiger charge is 2.26. The summed E-state index contributed by atoms with van der Waals surface area (Å²) in [6.07, 6.45) is 6.43. The summed E-state index contributed by atoms with van der Waals surface area (Å²) < 4.78 is 17.1. The molecule has 0 radical (unpaired) electrons. The predicted molar refractivity (Wildman–Crippen MR) is 108 cm³/mol. The molecule has 1 aromatic carbocycles. The highest BCUT2D eigenvalue weighted by Crippen LogP contribution is 2.22. The maximum atomic E-state index is 12.7. The third kappa shape index (κ3) is 5.36. The fourth-order valence-corrected chi connectivity index (χ4v) is 3.62. The molecule has 2 saturated heterocycles. The van der Waals surface area contributed by atoms with Crippen LogP contribution in [0.2, 0.25) is 5.02 Å². The molecule has 2 aliphatic rings. The van der Waals surface area contributed by atoms with Crippen LogP contribution >= 0.6 is 11.6 Å². The highest BCUT2D eigenvalue weighted by atomic mass is 35.5. The molecular formula is C21H24ClN3O4. The molecule has 8 heteroatoms. The van der Waals surface area contributed by atoms with Crippen molar-refractivity contribution in [3.05, 3.63) is 47.4 Å². The number of aromatic nitrogens is 2. The Labute approximate surface area is 174 Å². The van der Waals surface area contributed by atoms with Crippen LogP contribution in [-0.4, -0.2) is 59.3 Å². The van der Waals surface area contributed by atoms with Crippen molar-refractivity contribution in [1.29, 1.82) is 0 Å². The molecule has 0 atom stereocenters. The van der Waals surface area contributed by atoms with Crippen molar-refractivity contribution in [3.8, 4) is 11.6 Å². The van der Waals surface area contributed by atoms with Crippen molar-refractivity contribution in [2.24, 2.45) is 0 Å². The molecule has 154 valence electrons. The van der Waals surface area contributed by atoms with Gasteiger partial charge in [-0.3, -0.25) is 4.79 Å². The van der Waals surface area contributed by atoms with Crippen LogP contribution in [0.15, 0.2) is 36.7 Å². The summed E-state index contributed by atoms with van der Waals surface area (Å²) in [6.45, 7) is 2.65. The van der Waals surface area contributed by atoms with Gasteiger partial charge in [0.15, 0.2) is 0 Å². The summed E-state index contributed by atoms with van der Waals surface area (Å²) >= 11 is 5.90. The van der Waals surface area contributed by atoms with Crippen molar-refractivity contribution in [2.45, 2.75) is 37.9 Å². The lowest BCUT2D eigenvalue weighted by Crippen LogP contribution is -2.42. The average molecular weight is 418 g/mol. The molecule has 0 spiro atoms. The Bertz CT molecular complexity index is 802. The van der Waals surface area contributed by atoms with Gasteiger partial charge in [0.05, 0.1) is 25.6 Å². The van der Waals surface area contributed by atoms with E-state index >= 15 is 0 Å². The second-order valence-electron chi connectivity index (χ2n) is 7.23. The van der Waals surface area contributed by atoms with Gasteiger partial charge in [0.25, 0.3) is 5.91 Å². The fourth-order valence-electron chi connectivity index (χ4n) is 3.50. The minimum Gasteiger partial charge on any atom is -0.490 e. The molecule has 1 aromatic heterocycles. The summed E-state index contributed by atoms with van der Waals surface area (Å²) in [5.74, 6) is 1.13. The molecule has 7 nitrogen and oxygen atoms in total. The third-order valence-corrected chi connectivity index (χ3v) is 5.40. The summed E-state index contributed by atoms with van der Waals surface area (Å²) in [7, 11) is 0. The third-order valence-electron chi connectivity index (χ3n) is 5.15. The van der Waals surface area contributed by atoms with Crippen LogP contribution in [0.25, 0.3) is 0 Å². The number of amides is 1. The van der Waals surface area contributed by atoms with Crippen molar-refractivity contribution in [1.82, 2.24) is 14.9 Å². The molecule has 29 heavy (non-hydrogen) atoms. The van der Waals surface area contributed by atoms with Crippen molar-refractivity contribution < 1.29 is 19.0 Å². The van der Waals surface area contributed by atoms with Gasteiger partial charge in [0, 0.05) is 43.8 Å². The molecule has 1 amide bonds. The van der Waals surface area contributed by atoms with E-state index in [4.69, 9.17) is 25.8 Å². The first kappa shape index (κ1) is 19.9. The van der Waals surface area contributed by atoms with Gasteiger partial charge < -0.3 is 19.1 Å². The van der Waals surface area contributed by atoms with E-state index in [2.05, 4.69) is 9.97 Å². The summed E-state index contributed by atoms with van der Waals surface area (Å²) in [5, 5.41) is 0.683. The summed E-state index contributed by atoms with van der Waals surface area (Å²) in [4.78, 5) is 23.0. The van der Waals surface area contributed by atoms with Gasteiger partial charge in [-0.05, 0) is 24.3 Å².